The Bertz CT molecular complexity index is 959. The van der Waals surface area contributed by atoms with Gasteiger partial charge in [-0.1, -0.05) is 58.5 Å². The van der Waals surface area contributed by atoms with Crippen LogP contribution in [0.2, 0.25) is 20.1 Å². The SMILES string of the molecule is CC(C(=O)NC(C)(C)C)N(Cc1ccc(Cl)c(Cl)c1)C(=O)CSCc1c(Cl)cccc1Cl. The highest BCUT2D eigenvalue weighted by molar-refractivity contribution is 7.99. The van der Waals surface area contributed by atoms with E-state index in [1.165, 1.54) is 11.8 Å². The van der Waals surface area contributed by atoms with Crippen molar-refractivity contribution >= 4 is 70.0 Å². The zero-order valence-corrected chi connectivity index (χ0v) is 22.2. The number of carbonyl (C=O) groups excluding carboxylic acids is 2. The van der Waals surface area contributed by atoms with Crippen LogP contribution in [-0.2, 0) is 21.9 Å². The lowest BCUT2D eigenvalue weighted by molar-refractivity contribution is -0.139. The minimum atomic E-state index is -0.680. The van der Waals surface area contributed by atoms with Gasteiger partial charge < -0.3 is 10.2 Å². The predicted octanol–water partition coefficient (Wildman–Crippen LogP) is 6.87. The molecule has 0 bridgehead atoms. The van der Waals surface area contributed by atoms with Crippen LogP contribution < -0.4 is 5.32 Å². The van der Waals surface area contributed by atoms with Gasteiger partial charge in [0.2, 0.25) is 11.8 Å². The van der Waals surface area contributed by atoms with E-state index in [2.05, 4.69) is 5.32 Å². The molecule has 0 heterocycles. The Morgan fingerprint density at radius 2 is 1.62 bits per heavy atom. The van der Waals surface area contributed by atoms with E-state index >= 15 is 0 Å². The van der Waals surface area contributed by atoms with Crippen LogP contribution in [0.1, 0.15) is 38.8 Å². The lowest BCUT2D eigenvalue weighted by Gasteiger charge is -2.31. The average molecular weight is 536 g/mol. The smallest absolute Gasteiger partial charge is 0.242 e. The fraction of sp³-hybridized carbons (Fsp3) is 0.391. The molecular weight excluding hydrogens is 510 g/mol. The molecule has 32 heavy (non-hydrogen) atoms. The first-order chi connectivity index (χ1) is 14.9. The van der Waals surface area contributed by atoms with Gasteiger partial charge in [0.1, 0.15) is 6.04 Å². The molecule has 174 valence electrons. The Labute approximate surface area is 213 Å². The maximum Gasteiger partial charge on any atom is 0.242 e. The van der Waals surface area contributed by atoms with Gasteiger partial charge in [0, 0.05) is 27.9 Å². The summed E-state index contributed by atoms with van der Waals surface area (Å²) in [6.45, 7) is 7.62. The molecule has 1 unspecified atom stereocenters. The monoisotopic (exact) mass is 534 g/mol. The summed E-state index contributed by atoms with van der Waals surface area (Å²) in [5, 5.41) is 4.88. The standard InChI is InChI=1S/C23H26Cl4N2O2S/c1-14(22(31)28-23(2,3)4)29(11-15-8-9-19(26)20(27)10-15)21(30)13-32-12-16-17(24)6-5-7-18(16)25/h5-10,14H,11-13H2,1-4H3,(H,28,31). The van der Waals surface area contributed by atoms with Crippen molar-refractivity contribution < 1.29 is 9.59 Å². The number of hydrogen-bond acceptors (Lipinski definition) is 3. The summed E-state index contributed by atoms with van der Waals surface area (Å²) in [7, 11) is 0. The normalized spacial score (nSPS) is 12.4. The van der Waals surface area contributed by atoms with E-state index in [4.69, 9.17) is 46.4 Å². The Morgan fingerprint density at radius 1 is 1.00 bits per heavy atom. The Kier molecular flexibility index (Phi) is 10.0. The maximum absolute atomic E-state index is 13.2. The van der Waals surface area contributed by atoms with Gasteiger partial charge in [-0.05, 0) is 63.1 Å². The first-order valence-corrected chi connectivity index (χ1v) is 12.6. The average Bonchev–Trinajstić information content (AvgIpc) is 2.69. The molecule has 0 spiro atoms. The summed E-state index contributed by atoms with van der Waals surface area (Å²) in [5.74, 6) is 0.231. The fourth-order valence-electron chi connectivity index (χ4n) is 2.88. The van der Waals surface area contributed by atoms with Gasteiger partial charge in [0.05, 0.1) is 15.8 Å². The maximum atomic E-state index is 13.2. The molecule has 0 aliphatic rings. The highest BCUT2D eigenvalue weighted by Crippen LogP contribution is 2.29. The van der Waals surface area contributed by atoms with Crippen molar-refractivity contribution in [2.45, 2.75) is 51.6 Å². The molecule has 2 rings (SSSR count). The zero-order valence-electron chi connectivity index (χ0n) is 18.3. The summed E-state index contributed by atoms with van der Waals surface area (Å²) in [6, 6.07) is 9.80. The number of nitrogens with one attached hydrogen (secondary N) is 1. The third-order valence-electron chi connectivity index (χ3n) is 4.54. The summed E-state index contributed by atoms with van der Waals surface area (Å²) >= 11 is 26.0. The van der Waals surface area contributed by atoms with Crippen LogP contribution in [0.3, 0.4) is 0 Å². The van der Waals surface area contributed by atoms with E-state index in [0.717, 1.165) is 11.1 Å². The molecule has 0 saturated heterocycles. The van der Waals surface area contributed by atoms with E-state index < -0.39 is 11.6 Å². The summed E-state index contributed by atoms with van der Waals surface area (Å²) < 4.78 is 0. The minimum absolute atomic E-state index is 0.163. The molecule has 0 aliphatic carbocycles. The van der Waals surface area contributed by atoms with Gasteiger partial charge in [0.15, 0.2) is 0 Å². The second-order valence-electron chi connectivity index (χ2n) is 8.38. The Hall–Kier alpha value is -1.11. The lowest BCUT2D eigenvalue weighted by atomic mass is 10.1. The van der Waals surface area contributed by atoms with Gasteiger partial charge in [-0.15, -0.1) is 11.8 Å². The number of nitrogens with zero attached hydrogens (tertiary/aromatic N) is 1. The van der Waals surface area contributed by atoms with E-state index in [0.29, 0.717) is 25.8 Å². The van der Waals surface area contributed by atoms with E-state index in [-0.39, 0.29) is 24.1 Å². The van der Waals surface area contributed by atoms with Gasteiger partial charge >= 0.3 is 0 Å². The molecule has 0 aromatic heterocycles. The fourth-order valence-corrected chi connectivity index (χ4v) is 4.85. The molecule has 4 nitrogen and oxygen atoms in total. The van der Waals surface area contributed by atoms with E-state index in [1.54, 1.807) is 48.2 Å². The summed E-state index contributed by atoms with van der Waals surface area (Å²) in [5.41, 5.74) is 1.14. The summed E-state index contributed by atoms with van der Waals surface area (Å²) in [4.78, 5) is 27.5. The number of hydrogen-bond donors (Lipinski definition) is 1. The predicted molar refractivity (Wildman–Crippen MR) is 137 cm³/mol. The zero-order chi connectivity index (χ0) is 24.1. The van der Waals surface area contributed by atoms with Crippen LogP contribution in [0.5, 0.6) is 0 Å². The number of halogens is 4. The van der Waals surface area contributed by atoms with E-state index in [9.17, 15) is 9.59 Å². The molecule has 9 heteroatoms. The first kappa shape index (κ1) is 27.1. The summed E-state index contributed by atoms with van der Waals surface area (Å²) in [6.07, 6.45) is 0. The molecule has 0 aliphatic heterocycles. The lowest BCUT2D eigenvalue weighted by Crippen LogP contribution is -2.52. The van der Waals surface area contributed by atoms with Gasteiger partial charge in [-0.25, -0.2) is 0 Å². The minimum Gasteiger partial charge on any atom is -0.350 e. The molecule has 2 aromatic carbocycles. The molecule has 2 aromatic rings. The molecule has 0 saturated carbocycles. The Balaban J connectivity index is 2.17. The van der Waals surface area contributed by atoms with Crippen molar-refractivity contribution in [2.24, 2.45) is 0 Å². The van der Waals surface area contributed by atoms with Crippen LogP contribution >= 0.6 is 58.2 Å². The van der Waals surface area contributed by atoms with Crippen LogP contribution in [0.25, 0.3) is 0 Å². The third-order valence-corrected chi connectivity index (χ3v) is 6.93. The van der Waals surface area contributed by atoms with Crippen molar-refractivity contribution in [2.75, 3.05) is 5.75 Å². The van der Waals surface area contributed by atoms with Crippen LogP contribution in [-0.4, -0.2) is 34.0 Å². The Morgan fingerprint density at radius 3 is 2.19 bits per heavy atom. The van der Waals surface area contributed by atoms with Gasteiger partial charge in [-0.2, -0.15) is 0 Å². The van der Waals surface area contributed by atoms with Crippen molar-refractivity contribution in [3.8, 4) is 0 Å². The quantitative estimate of drug-likeness (QED) is 0.401. The van der Waals surface area contributed by atoms with Crippen molar-refractivity contribution in [3.05, 3.63) is 67.6 Å². The topological polar surface area (TPSA) is 49.4 Å². The highest BCUT2D eigenvalue weighted by Gasteiger charge is 2.28. The number of rotatable bonds is 8. The van der Waals surface area contributed by atoms with E-state index in [1.807, 2.05) is 20.8 Å². The van der Waals surface area contributed by atoms with Crippen LogP contribution in [0.15, 0.2) is 36.4 Å². The second kappa shape index (κ2) is 11.8. The largest absolute Gasteiger partial charge is 0.350 e. The molecule has 1 N–H and O–H groups in total. The number of benzene rings is 2. The number of carbonyl (C=O) groups is 2. The molecule has 1 atom stereocenters. The van der Waals surface area contributed by atoms with Gasteiger partial charge in [-0.3, -0.25) is 9.59 Å². The molecule has 2 amide bonds. The van der Waals surface area contributed by atoms with Crippen molar-refractivity contribution in [3.63, 3.8) is 0 Å². The molecular formula is C23H26Cl4N2O2S. The highest BCUT2D eigenvalue weighted by atomic mass is 35.5. The van der Waals surface area contributed by atoms with Crippen molar-refractivity contribution in [1.82, 2.24) is 10.2 Å². The molecule has 0 radical (unpaired) electrons. The first-order valence-electron chi connectivity index (χ1n) is 9.95. The van der Waals surface area contributed by atoms with Crippen LogP contribution in [0.4, 0.5) is 0 Å². The van der Waals surface area contributed by atoms with Crippen LogP contribution in [0, 0.1) is 0 Å². The number of amides is 2. The van der Waals surface area contributed by atoms with Crippen molar-refractivity contribution in [1.29, 1.82) is 0 Å². The number of thioether (sulfide) groups is 1. The second-order valence-corrected chi connectivity index (χ2v) is 11.0. The third kappa shape index (κ3) is 8.03. The molecule has 0 fully saturated rings. The van der Waals surface area contributed by atoms with Gasteiger partial charge in [0.25, 0.3) is 0 Å².